The third-order valence-corrected chi connectivity index (χ3v) is 6.85. The van der Waals surface area contributed by atoms with Gasteiger partial charge in [-0.1, -0.05) is 36.4 Å². The Bertz CT molecular complexity index is 914. The van der Waals surface area contributed by atoms with Crippen molar-refractivity contribution in [2.75, 3.05) is 6.54 Å². The minimum atomic E-state index is 0.0264. The highest BCUT2D eigenvalue weighted by atomic mass is 16.3. The number of benzene rings is 2. The number of aryl methyl sites for hydroxylation is 1. The molecule has 2 aliphatic heterocycles. The van der Waals surface area contributed by atoms with E-state index in [0.29, 0.717) is 19.3 Å². The Kier molecular flexibility index (Phi) is 4.53. The van der Waals surface area contributed by atoms with Crippen molar-refractivity contribution >= 4 is 11.8 Å². The number of rotatable bonds is 4. The minimum absolute atomic E-state index is 0.0264. The van der Waals surface area contributed by atoms with E-state index in [1.54, 1.807) is 12.1 Å². The summed E-state index contributed by atoms with van der Waals surface area (Å²) in [6.07, 6.45) is 4.30. The van der Waals surface area contributed by atoms with E-state index in [1.807, 2.05) is 17.0 Å². The van der Waals surface area contributed by atoms with E-state index in [9.17, 15) is 14.7 Å². The summed E-state index contributed by atoms with van der Waals surface area (Å²) >= 11 is 0. The second-order valence-electron chi connectivity index (χ2n) is 8.51. The van der Waals surface area contributed by atoms with E-state index < -0.39 is 0 Å². The van der Waals surface area contributed by atoms with Crippen LogP contribution in [0, 0.1) is 0 Å². The second-order valence-corrected chi connectivity index (χ2v) is 8.51. The van der Waals surface area contributed by atoms with Gasteiger partial charge in [0.1, 0.15) is 5.75 Å². The van der Waals surface area contributed by atoms with E-state index in [-0.39, 0.29) is 35.7 Å². The molecule has 0 radical (unpaired) electrons. The van der Waals surface area contributed by atoms with Crippen molar-refractivity contribution in [1.82, 2.24) is 9.80 Å². The van der Waals surface area contributed by atoms with Gasteiger partial charge in [0.2, 0.25) is 11.8 Å². The lowest BCUT2D eigenvalue weighted by Gasteiger charge is -2.30. The van der Waals surface area contributed by atoms with Gasteiger partial charge < -0.3 is 14.9 Å². The van der Waals surface area contributed by atoms with Crippen LogP contribution in [0.15, 0.2) is 48.5 Å². The highest BCUT2D eigenvalue weighted by molar-refractivity contribution is 5.84. The number of phenols is 1. The van der Waals surface area contributed by atoms with Crippen molar-refractivity contribution in [3.63, 3.8) is 0 Å². The first-order chi connectivity index (χ1) is 14.1. The molecule has 150 valence electrons. The monoisotopic (exact) mass is 390 g/mol. The first kappa shape index (κ1) is 18.2. The van der Waals surface area contributed by atoms with Gasteiger partial charge in [-0.3, -0.25) is 9.59 Å². The number of phenolic OH excluding ortho intramolecular Hbond substituents is 1. The van der Waals surface area contributed by atoms with Crippen LogP contribution in [-0.4, -0.2) is 51.4 Å². The van der Waals surface area contributed by atoms with E-state index in [2.05, 4.69) is 29.2 Å². The molecule has 5 heteroatoms. The molecule has 1 aliphatic carbocycles. The summed E-state index contributed by atoms with van der Waals surface area (Å²) in [6.45, 7) is 0.743. The van der Waals surface area contributed by atoms with Crippen molar-refractivity contribution in [2.24, 2.45) is 0 Å². The molecular weight excluding hydrogens is 364 g/mol. The van der Waals surface area contributed by atoms with Gasteiger partial charge in [-0.05, 0) is 54.5 Å². The number of hydrogen-bond donors (Lipinski definition) is 1. The Morgan fingerprint density at radius 1 is 0.966 bits per heavy atom. The summed E-state index contributed by atoms with van der Waals surface area (Å²) in [5.74, 6) is 0.574. The molecule has 2 amide bonds. The zero-order valence-electron chi connectivity index (χ0n) is 16.5. The SMILES string of the molecule is O=C(CCc1ccc(O)cc1)N1CC[C@H]2[C@@H]1CC(=O)N2C1Cc2ccccc2C1. The molecule has 29 heavy (non-hydrogen) atoms. The Hall–Kier alpha value is -2.82. The predicted molar refractivity (Wildman–Crippen MR) is 109 cm³/mol. The van der Waals surface area contributed by atoms with E-state index in [4.69, 9.17) is 0 Å². The Labute approximate surface area is 170 Å². The second kappa shape index (κ2) is 7.21. The van der Waals surface area contributed by atoms with Crippen molar-refractivity contribution in [2.45, 2.75) is 56.7 Å². The Morgan fingerprint density at radius 3 is 2.34 bits per heavy atom. The molecule has 2 fully saturated rings. The van der Waals surface area contributed by atoms with Gasteiger partial charge in [0, 0.05) is 25.4 Å². The Balaban J connectivity index is 1.24. The molecule has 2 heterocycles. The van der Waals surface area contributed by atoms with Gasteiger partial charge in [-0.25, -0.2) is 0 Å². The molecule has 2 aromatic rings. The molecule has 3 aliphatic rings. The average Bonchev–Trinajstić information content (AvgIpc) is 3.39. The van der Waals surface area contributed by atoms with Crippen molar-refractivity contribution in [3.05, 3.63) is 65.2 Å². The van der Waals surface area contributed by atoms with Gasteiger partial charge in [-0.2, -0.15) is 0 Å². The Morgan fingerprint density at radius 2 is 1.66 bits per heavy atom. The maximum absolute atomic E-state index is 12.9. The summed E-state index contributed by atoms with van der Waals surface area (Å²) in [6, 6.07) is 15.9. The van der Waals surface area contributed by atoms with E-state index in [1.165, 1.54) is 11.1 Å². The molecule has 0 aromatic heterocycles. The first-order valence-corrected chi connectivity index (χ1v) is 10.6. The molecule has 5 nitrogen and oxygen atoms in total. The molecule has 5 rings (SSSR count). The molecule has 2 aromatic carbocycles. The summed E-state index contributed by atoms with van der Waals surface area (Å²) in [7, 11) is 0. The summed E-state index contributed by atoms with van der Waals surface area (Å²) in [5.41, 5.74) is 3.75. The fraction of sp³-hybridized carbons (Fsp3) is 0.417. The van der Waals surface area contributed by atoms with Crippen LogP contribution >= 0.6 is 0 Å². The van der Waals surface area contributed by atoms with Crippen LogP contribution in [0.2, 0.25) is 0 Å². The highest BCUT2D eigenvalue weighted by Crippen LogP contribution is 2.38. The van der Waals surface area contributed by atoms with Crippen LogP contribution < -0.4 is 0 Å². The number of amides is 2. The highest BCUT2D eigenvalue weighted by Gasteiger charge is 2.50. The van der Waals surface area contributed by atoms with Crippen molar-refractivity contribution in [1.29, 1.82) is 0 Å². The van der Waals surface area contributed by atoms with Gasteiger partial charge >= 0.3 is 0 Å². The smallest absolute Gasteiger partial charge is 0.225 e. The van der Waals surface area contributed by atoms with Crippen LogP contribution in [-0.2, 0) is 28.9 Å². The maximum Gasteiger partial charge on any atom is 0.225 e. The number of aromatic hydroxyl groups is 1. The number of carbonyl (C=O) groups excluding carboxylic acids is 2. The third-order valence-electron chi connectivity index (χ3n) is 6.85. The minimum Gasteiger partial charge on any atom is -0.508 e. The molecule has 0 spiro atoms. The van der Waals surface area contributed by atoms with Crippen LogP contribution in [0.3, 0.4) is 0 Å². The lowest BCUT2D eigenvalue weighted by atomic mass is 10.1. The van der Waals surface area contributed by atoms with Crippen LogP contribution in [0.1, 0.15) is 36.0 Å². The quantitative estimate of drug-likeness (QED) is 0.873. The zero-order chi connectivity index (χ0) is 20.0. The van der Waals surface area contributed by atoms with Crippen LogP contribution in [0.25, 0.3) is 0 Å². The lowest BCUT2D eigenvalue weighted by Crippen LogP contribution is -2.45. The number of carbonyl (C=O) groups is 2. The molecular formula is C24H26N2O3. The van der Waals surface area contributed by atoms with E-state index >= 15 is 0 Å². The maximum atomic E-state index is 12.9. The lowest BCUT2D eigenvalue weighted by molar-refractivity contribution is -0.132. The fourth-order valence-corrected chi connectivity index (χ4v) is 5.45. The molecule has 0 bridgehead atoms. The van der Waals surface area contributed by atoms with Crippen LogP contribution in [0.4, 0.5) is 0 Å². The third kappa shape index (κ3) is 3.28. The van der Waals surface area contributed by atoms with Crippen molar-refractivity contribution < 1.29 is 14.7 Å². The van der Waals surface area contributed by atoms with E-state index in [0.717, 1.165) is 31.4 Å². The van der Waals surface area contributed by atoms with Crippen molar-refractivity contribution in [3.8, 4) is 5.75 Å². The molecule has 2 saturated heterocycles. The molecule has 0 unspecified atom stereocenters. The first-order valence-electron chi connectivity index (χ1n) is 10.6. The van der Waals surface area contributed by atoms with Crippen LogP contribution in [0.5, 0.6) is 5.75 Å². The standard InChI is InChI=1S/C24H26N2O3/c27-20-8-5-16(6-9-20)7-10-23(28)25-12-11-21-22(25)15-24(29)26(21)19-13-17-3-1-2-4-18(17)14-19/h1-6,8-9,19,21-22,27H,7,10-15H2/t21-,22-/m0/s1. The number of fused-ring (bicyclic) bond motifs is 2. The topological polar surface area (TPSA) is 60.9 Å². The predicted octanol–water partition coefficient (Wildman–Crippen LogP) is 2.69. The van der Waals surface area contributed by atoms with Gasteiger partial charge in [0.05, 0.1) is 12.1 Å². The number of likely N-dealkylation sites (tertiary alicyclic amines) is 2. The average molecular weight is 390 g/mol. The van der Waals surface area contributed by atoms with Gasteiger partial charge in [0.25, 0.3) is 0 Å². The van der Waals surface area contributed by atoms with Gasteiger partial charge in [-0.15, -0.1) is 0 Å². The number of hydrogen-bond acceptors (Lipinski definition) is 3. The zero-order valence-corrected chi connectivity index (χ0v) is 16.5. The fourth-order valence-electron chi connectivity index (χ4n) is 5.45. The number of nitrogens with zero attached hydrogens (tertiary/aromatic N) is 2. The van der Waals surface area contributed by atoms with Gasteiger partial charge in [0.15, 0.2) is 0 Å². The summed E-state index contributed by atoms with van der Waals surface area (Å²) in [5, 5.41) is 9.39. The summed E-state index contributed by atoms with van der Waals surface area (Å²) in [4.78, 5) is 29.8. The summed E-state index contributed by atoms with van der Waals surface area (Å²) < 4.78 is 0. The molecule has 0 saturated carbocycles. The molecule has 1 N–H and O–H groups in total. The normalized spacial score (nSPS) is 23.5. The molecule has 2 atom stereocenters. The largest absolute Gasteiger partial charge is 0.508 e.